The van der Waals surface area contributed by atoms with E-state index in [1.165, 1.54) is 24.9 Å². The molecule has 1 N–H and O–H groups in total. The SMILES string of the molecule is COc1ccc(C)cc1S(=O)(=O)N(CC(=O)Nc1ccccc1Sc1ccccc1)c1ccc(C)c(Cl)c1. The number of nitrogens with one attached hydrogen (secondary N) is 1. The molecule has 9 heteroatoms. The van der Waals surface area contributed by atoms with Crippen molar-refractivity contribution in [2.75, 3.05) is 23.3 Å². The first kappa shape index (κ1) is 27.6. The summed E-state index contributed by atoms with van der Waals surface area (Å²) in [5.74, 6) is -0.318. The molecule has 0 saturated carbocycles. The highest BCUT2D eigenvalue weighted by atomic mass is 35.5. The number of carbonyl (C=O) groups is 1. The smallest absolute Gasteiger partial charge is 0.268 e. The lowest BCUT2D eigenvalue weighted by Gasteiger charge is -2.25. The van der Waals surface area contributed by atoms with Crippen molar-refractivity contribution in [1.29, 1.82) is 0 Å². The minimum absolute atomic E-state index is 0.0375. The van der Waals surface area contributed by atoms with Gasteiger partial charge in [-0.2, -0.15) is 0 Å². The molecule has 0 aliphatic heterocycles. The first-order valence-electron chi connectivity index (χ1n) is 11.7. The van der Waals surface area contributed by atoms with Gasteiger partial charge < -0.3 is 10.1 Å². The van der Waals surface area contributed by atoms with Crippen molar-refractivity contribution in [2.45, 2.75) is 28.5 Å². The van der Waals surface area contributed by atoms with Crippen molar-refractivity contribution in [3.8, 4) is 5.75 Å². The van der Waals surface area contributed by atoms with Gasteiger partial charge in [0.15, 0.2) is 0 Å². The molecule has 0 aliphatic carbocycles. The molecule has 0 heterocycles. The van der Waals surface area contributed by atoms with Gasteiger partial charge in [0.2, 0.25) is 5.91 Å². The van der Waals surface area contributed by atoms with Gasteiger partial charge in [-0.05, 0) is 73.5 Å². The highest BCUT2D eigenvalue weighted by Crippen LogP contribution is 2.35. The van der Waals surface area contributed by atoms with Crippen LogP contribution in [0.1, 0.15) is 11.1 Å². The van der Waals surface area contributed by atoms with Gasteiger partial charge >= 0.3 is 0 Å². The third kappa shape index (κ3) is 6.32. The molecule has 0 radical (unpaired) electrons. The molecular weight excluding hydrogens is 540 g/mol. The van der Waals surface area contributed by atoms with Gasteiger partial charge in [-0.1, -0.05) is 65.8 Å². The molecular formula is C29H27ClN2O4S2. The quantitative estimate of drug-likeness (QED) is 0.237. The number of carbonyl (C=O) groups excluding carboxylic acids is 1. The molecule has 0 bridgehead atoms. The van der Waals surface area contributed by atoms with Crippen LogP contribution in [0.2, 0.25) is 5.02 Å². The van der Waals surface area contributed by atoms with Crippen molar-refractivity contribution in [2.24, 2.45) is 0 Å². The predicted molar refractivity (Wildman–Crippen MR) is 154 cm³/mol. The van der Waals surface area contributed by atoms with Gasteiger partial charge in [0.25, 0.3) is 10.0 Å². The molecule has 0 aliphatic rings. The molecule has 0 saturated heterocycles. The number of methoxy groups -OCH3 is 1. The summed E-state index contributed by atoms with van der Waals surface area (Å²) in [7, 11) is -2.80. The second-order valence-corrected chi connectivity index (χ2v) is 11.9. The molecule has 0 spiro atoms. The number of rotatable bonds is 9. The summed E-state index contributed by atoms with van der Waals surface area (Å²) >= 11 is 7.86. The Morgan fingerprint density at radius 3 is 2.37 bits per heavy atom. The number of halogens is 1. The Bertz CT molecular complexity index is 1560. The summed E-state index contributed by atoms with van der Waals surface area (Å²) in [5.41, 5.74) is 2.38. The largest absolute Gasteiger partial charge is 0.495 e. The third-order valence-corrected chi connectivity index (χ3v) is 9.04. The first-order valence-corrected chi connectivity index (χ1v) is 14.4. The van der Waals surface area contributed by atoms with Gasteiger partial charge in [-0.3, -0.25) is 9.10 Å². The minimum Gasteiger partial charge on any atom is -0.495 e. The summed E-state index contributed by atoms with van der Waals surface area (Å²) in [4.78, 5) is 15.2. The number of benzene rings is 4. The van der Waals surface area contributed by atoms with E-state index < -0.39 is 22.5 Å². The van der Waals surface area contributed by atoms with Crippen LogP contribution in [0.3, 0.4) is 0 Å². The van der Waals surface area contributed by atoms with E-state index >= 15 is 0 Å². The number of nitrogens with zero attached hydrogens (tertiary/aromatic N) is 1. The number of hydrogen-bond acceptors (Lipinski definition) is 5. The lowest BCUT2D eigenvalue weighted by molar-refractivity contribution is -0.114. The van der Waals surface area contributed by atoms with Crippen LogP contribution >= 0.6 is 23.4 Å². The van der Waals surface area contributed by atoms with E-state index in [1.54, 1.807) is 43.3 Å². The third-order valence-electron chi connectivity index (χ3n) is 5.75. The fraction of sp³-hybridized carbons (Fsp3) is 0.138. The second-order valence-electron chi connectivity index (χ2n) is 8.56. The van der Waals surface area contributed by atoms with Crippen molar-refractivity contribution in [3.05, 3.63) is 107 Å². The van der Waals surface area contributed by atoms with Gasteiger partial charge in [0.05, 0.1) is 18.5 Å². The van der Waals surface area contributed by atoms with Crippen molar-refractivity contribution >= 4 is 50.7 Å². The summed E-state index contributed by atoms with van der Waals surface area (Å²) in [5, 5.41) is 3.28. The van der Waals surface area contributed by atoms with Crippen molar-refractivity contribution in [1.82, 2.24) is 0 Å². The number of para-hydroxylation sites is 1. The fourth-order valence-electron chi connectivity index (χ4n) is 3.75. The fourth-order valence-corrected chi connectivity index (χ4v) is 6.50. The average molecular weight is 567 g/mol. The molecule has 0 fully saturated rings. The van der Waals surface area contributed by atoms with Gasteiger partial charge in [-0.15, -0.1) is 0 Å². The Balaban J connectivity index is 1.69. The van der Waals surface area contributed by atoms with E-state index in [2.05, 4.69) is 5.32 Å². The van der Waals surface area contributed by atoms with E-state index in [-0.39, 0.29) is 16.3 Å². The number of aryl methyl sites for hydroxylation is 2. The lowest BCUT2D eigenvalue weighted by atomic mass is 10.2. The van der Waals surface area contributed by atoms with E-state index in [1.807, 2.05) is 55.5 Å². The summed E-state index contributed by atoms with van der Waals surface area (Å²) < 4.78 is 34.4. The number of ether oxygens (including phenoxy) is 1. The maximum absolute atomic E-state index is 14.0. The molecule has 4 aromatic rings. The average Bonchev–Trinajstić information content (AvgIpc) is 2.90. The monoisotopic (exact) mass is 566 g/mol. The molecule has 6 nitrogen and oxygen atoms in total. The Kier molecular flexibility index (Phi) is 8.66. The Morgan fingerprint density at radius 1 is 0.947 bits per heavy atom. The van der Waals surface area contributed by atoms with Crippen LogP contribution in [0.15, 0.2) is 106 Å². The van der Waals surface area contributed by atoms with Gasteiger partial charge in [-0.25, -0.2) is 8.42 Å². The Labute approximate surface area is 232 Å². The minimum atomic E-state index is -4.21. The standard InChI is InChI=1S/C29H27ClN2O4S2/c1-20-13-16-26(36-3)28(17-20)38(34,35)32(22-15-14-21(2)24(30)18-22)19-29(33)31-25-11-7-8-12-27(25)37-23-9-5-4-6-10-23/h4-18H,19H2,1-3H3,(H,31,33). The van der Waals surface area contributed by atoms with Crippen molar-refractivity contribution in [3.63, 3.8) is 0 Å². The van der Waals surface area contributed by atoms with Crippen LogP contribution < -0.4 is 14.4 Å². The van der Waals surface area contributed by atoms with Crippen LogP contribution in [0, 0.1) is 13.8 Å². The molecule has 0 atom stereocenters. The molecule has 4 aromatic carbocycles. The normalized spacial score (nSPS) is 11.2. The van der Waals surface area contributed by atoms with Crippen LogP contribution in [0.4, 0.5) is 11.4 Å². The maximum Gasteiger partial charge on any atom is 0.268 e. The maximum atomic E-state index is 14.0. The summed E-state index contributed by atoms with van der Waals surface area (Å²) in [6.07, 6.45) is 0. The van der Waals surface area contributed by atoms with Crippen LogP contribution in [0.5, 0.6) is 5.75 Å². The van der Waals surface area contributed by atoms with E-state index in [0.29, 0.717) is 10.7 Å². The zero-order valence-electron chi connectivity index (χ0n) is 21.1. The van der Waals surface area contributed by atoms with Gasteiger partial charge in [0.1, 0.15) is 17.2 Å². The Morgan fingerprint density at radius 2 is 1.66 bits per heavy atom. The highest BCUT2D eigenvalue weighted by molar-refractivity contribution is 7.99. The predicted octanol–water partition coefficient (Wildman–Crippen LogP) is 6.95. The second kappa shape index (κ2) is 11.9. The van der Waals surface area contributed by atoms with Crippen LogP contribution in [-0.2, 0) is 14.8 Å². The van der Waals surface area contributed by atoms with E-state index in [9.17, 15) is 13.2 Å². The van der Waals surface area contributed by atoms with Crippen molar-refractivity contribution < 1.29 is 17.9 Å². The molecule has 1 amide bonds. The lowest BCUT2D eigenvalue weighted by Crippen LogP contribution is -2.38. The summed E-state index contributed by atoms with van der Waals surface area (Å²) in [6.45, 7) is 3.14. The molecule has 38 heavy (non-hydrogen) atoms. The van der Waals surface area contributed by atoms with E-state index in [4.69, 9.17) is 16.3 Å². The van der Waals surface area contributed by atoms with E-state index in [0.717, 1.165) is 25.2 Å². The number of anilines is 2. The number of hydrogen-bond donors (Lipinski definition) is 1. The van der Waals surface area contributed by atoms with Gasteiger partial charge in [0, 0.05) is 14.8 Å². The zero-order chi connectivity index (χ0) is 27.3. The highest BCUT2D eigenvalue weighted by Gasteiger charge is 2.30. The summed E-state index contributed by atoms with van der Waals surface area (Å²) in [6, 6.07) is 27.0. The first-order chi connectivity index (χ1) is 18.2. The van der Waals surface area contributed by atoms with Crippen LogP contribution in [0.25, 0.3) is 0 Å². The molecule has 196 valence electrons. The molecule has 4 rings (SSSR count). The molecule has 0 aromatic heterocycles. The zero-order valence-corrected chi connectivity index (χ0v) is 23.5. The number of sulfonamides is 1. The number of amides is 1. The topological polar surface area (TPSA) is 75.7 Å². The molecule has 0 unspecified atom stereocenters. The van der Waals surface area contributed by atoms with Crippen LogP contribution in [-0.4, -0.2) is 28.0 Å². The Hall–Kier alpha value is -3.46.